The minimum absolute atomic E-state index is 0.191. The minimum Gasteiger partial charge on any atom is -0.340 e. The molecule has 0 bridgehead atoms. The summed E-state index contributed by atoms with van der Waals surface area (Å²) in [5.74, 6) is 0.746. The smallest absolute Gasteiger partial charge is 0.219 e. The van der Waals surface area contributed by atoms with Gasteiger partial charge in [0.05, 0.1) is 0 Å². The Hall–Kier alpha value is -0.610. The van der Waals surface area contributed by atoms with Gasteiger partial charge in [0.25, 0.3) is 0 Å². The van der Waals surface area contributed by atoms with Crippen LogP contribution in [0.1, 0.15) is 13.8 Å². The van der Waals surface area contributed by atoms with E-state index in [0.717, 1.165) is 39.3 Å². The molecule has 1 aliphatic rings. The van der Waals surface area contributed by atoms with Gasteiger partial charge in [-0.25, -0.2) is 0 Å². The highest BCUT2D eigenvalue weighted by atomic mass is 16.2. The largest absolute Gasteiger partial charge is 0.340 e. The highest BCUT2D eigenvalue weighted by molar-refractivity contribution is 5.73. The Morgan fingerprint density at radius 1 is 1.36 bits per heavy atom. The fraction of sp³-hybridized carbons (Fsp3) is 0.900. The van der Waals surface area contributed by atoms with Crippen LogP contribution < -0.4 is 5.73 Å². The van der Waals surface area contributed by atoms with Gasteiger partial charge in [0.1, 0.15) is 0 Å². The van der Waals surface area contributed by atoms with Crippen molar-refractivity contribution in [2.45, 2.75) is 13.8 Å². The van der Waals surface area contributed by atoms with Crippen molar-refractivity contribution >= 4 is 5.91 Å². The van der Waals surface area contributed by atoms with E-state index in [1.54, 1.807) is 6.92 Å². The number of carbonyl (C=O) groups is 1. The van der Waals surface area contributed by atoms with E-state index in [4.69, 9.17) is 5.73 Å². The van der Waals surface area contributed by atoms with Gasteiger partial charge in [-0.3, -0.25) is 9.69 Å². The topological polar surface area (TPSA) is 49.6 Å². The average Bonchev–Trinajstić information content (AvgIpc) is 2.18. The van der Waals surface area contributed by atoms with Crippen molar-refractivity contribution in [2.24, 2.45) is 11.7 Å². The number of carbonyl (C=O) groups excluding carboxylic acids is 1. The normalized spacial score (nSPS) is 20.9. The Morgan fingerprint density at radius 2 is 1.93 bits per heavy atom. The SMILES string of the molecule is CC(=O)N1CCN(CC(C)CN)CC1. The van der Waals surface area contributed by atoms with Gasteiger partial charge < -0.3 is 10.6 Å². The first-order valence-electron chi connectivity index (χ1n) is 5.31. The molecule has 0 saturated carbocycles. The molecule has 82 valence electrons. The number of nitrogens with two attached hydrogens (primary N) is 1. The van der Waals surface area contributed by atoms with Gasteiger partial charge in [0.15, 0.2) is 0 Å². The van der Waals surface area contributed by atoms with Gasteiger partial charge in [0, 0.05) is 39.6 Å². The Labute approximate surface area is 86.0 Å². The molecule has 4 nitrogen and oxygen atoms in total. The zero-order valence-corrected chi connectivity index (χ0v) is 9.20. The predicted octanol–water partition coefficient (Wildman–Crippen LogP) is -0.255. The van der Waals surface area contributed by atoms with Crippen LogP contribution in [0.3, 0.4) is 0 Å². The molecule has 0 spiro atoms. The summed E-state index contributed by atoms with van der Waals surface area (Å²) in [4.78, 5) is 15.4. The molecule has 1 aliphatic heterocycles. The third-order valence-electron chi connectivity index (χ3n) is 2.79. The van der Waals surface area contributed by atoms with Crippen LogP contribution in [-0.2, 0) is 4.79 Å². The first-order valence-corrected chi connectivity index (χ1v) is 5.31. The van der Waals surface area contributed by atoms with Crippen LogP contribution in [0, 0.1) is 5.92 Å². The molecule has 0 aliphatic carbocycles. The maximum absolute atomic E-state index is 11.1. The maximum Gasteiger partial charge on any atom is 0.219 e. The van der Waals surface area contributed by atoms with Crippen molar-refractivity contribution in [3.8, 4) is 0 Å². The fourth-order valence-electron chi connectivity index (χ4n) is 1.76. The molecule has 1 amide bonds. The quantitative estimate of drug-likeness (QED) is 0.681. The number of amides is 1. The average molecular weight is 199 g/mol. The molecule has 1 fully saturated rings. The summed E-state index contributed by atoms with van der Waals surface area (Å²) < 4.78 is 0. The summed E-state index contributed by atoms with van der Waals surface area (Å²) in [5, 5.41) is 0. The molecule has 0 aromatic heterocycles. The Balaban J connectivity index is 2.25. The summed E-state index contributed by atoms with van der Waals surface area (Å²) in [7, 11) is 0. The second-order valence-electron chi connectivity index (χ2n) is 4.15. The second kappa shape index (κ2) is 5.32. The Kier molecular flexibility index (Phi) is 4.35. The van der Waals surface area contributed by atoms with Crippen molar-refractivity contribution in [1.29, 1.82) is 0 Å². The minimum atomic E-state index is 0.191. The van der Waals surface area contributed by atoms with Crippen molar-refractivity contribution in [1.82, 2.24) is 9.80 Å². The number of rotatable bonds is 3. The molecule has 2 N–H and O–H groups in total. The first-order chi connectivity index (χ1) is 6.63. The third-order valence-corrected chi connectivity index (χ3v) is 2.79. The molecular weight excluding hydrogens is 178 g/mol. The maximum atomic E-state index is 11.1. The summed E-state index contributed by atoms with van der Waals surface area (Å²) in [6.07, 6.45) is 0. The van der Waals surface area contributed by atoms with Gasteiger partial charge in [-0.1, -0.05) is 6.92 Å². The van der Waals surface area contributed by atoms with E-state index < -0.39 is 0 Å². The van der Waals surface area contributed by atoms with Crippen molar-refractivity contribution < 1.29 is 4.79 Å². The summed E-state index contributed by atoms with van der Waals surface area (Å²) >= 11 is 0. The van der Waals surface area contributed by atoms with E-state index in [1.165, 1.54) is 0 Å². The predicted molar refractivity (Wildman–Crippen MR) is 56.9 cm³/mol. The zero-order valence-electron chi connectivity index (χ0n) is 9.20. The lowest BCUT2D eigenvalue weighted by Crippen LogP contribution is -2.49. The molecule has 1 atom stereocenters. The summed E-state index contributed by atoms with van der Waals surface area (Å²) in [6.45, 7) is 9.32. The second-order valence-corrected chi connectivity index (χ2v) is 4.15. The van der Waals surface area contributed by atoms with Crippen molar-refractivity contribution in [2.75, 3.05) is 39.3 Å². The van der Waals surface area contributed by atoms with E-state index in [2.05, 4.69) is 11.8 Å². The van der Waals surface area contributed by atoms with Gasteiger partial charge in [-0.2, -0.15) is 0 Å². The standard InChI is InChI=1S/C10H21N3O/c1-9(7-11)8-12-3-5-13(6-4-12)10(2)14/h9H,3-8,11H2,1-2H3. The van der Waals surface area contributed by atoms with Crippen LogP contribution in [0.5, 0.6) is 0 Å². The molecular formula is C10H21N3O. The molecule has 4 heteroatoms. The van der Waals surface area contributed by atoms with Gasteiger partial charge in [0.2, 0.25) is 5.91 Å². The number of nitrogens with zero attached hydrogens (tertiary/aromatic N) is 2. The lowest BCUT2D eigenvalue weighted by molar-refractivity contribution is -0.130. The van der Waals surface area contributed by atoms with Crippen LogP contribution in [0.4, 0.5) is 0 Å². The van der Waals surface area contributed by atoms with E-state index in [-0.39, 0.29) is 5.91 Å². The molecule has 0 aromatic rings. The molecule has 1 heterocycles. The van der Waals surface area contributed by atoms with Crippen LogP contribution in [0.15, 0.2) is 0 Å². The molecule has 1 rings (SSSR count). The van der Waals surface area contributed by atoms with E-state index >= 15 is 0 Å². The lowest BCUT2D eigenvalue weighted by atomic mass is 10.1. The molecule has 14 heavy (non-hydrogen) atoms. The fourth-order valence-corrected chi connectivity index (χ4v) is 1.76. The van der Waals surface area contributed by atoms with Gasteiger partial charge >= 0.3 is 0 Å². The monoisotopic (exact) mass is 199 g/mol. The first kappa shape index (κ1) is 11.5. The highest BCUT2D eigenvalue weighted by Crippen LogP contribution is 2.04. The number of hydrogen-bond donors (Lipinski definition) is 1. The van der Waals surface area contributed by atoms with Crippen LogP contribution in [0.2, 0.25) is 0 Å². The Bertz CT molecular complexity index is 188. The summed E-state index contributed by atoms with van der Waals surface area (Å²) in [5.41, 5.74) is 5.57. The van der Waals surface area contributed by atoms with E-state index in [0.29, 0.717) is 5.92 Å². The van der Waals surface area contributed by atoms with Gasteiger partial charge in [-0.15, -0.1) is 0 Å². The van der Waals surface area contributed by atoms with Gasteiger partial charge in [-0.05, 0) is 12.5 Å². The van der Waals surface area contributed by atoms with Crippen LogP contribution in [-0.4, -0.2) is 55.0 Å². The molecule has 1 unspecified atom stereocenters. The number of hydrogen-bond acceptors (Lipinski definition) is 3. The van der Waals surface area contributed by atoms with E-state index in [1.807, 2.05) is 4.90 Å². The van der Waals surface area contributed by atoms with Crippen molar-refractivity contribution in [3.05, 3.63) is 0 Å². The zero-order chi connectivity index (χ0) is 10.6. The summed E-state index contributed by atoms with van der Waals surface area (Å²) in [6, 6.07) is 0. The number of piperazine rings is 1. The van der Waals surface area contributed by atoms with Crippen molar-refractivity contribution in [3.63, 3.8) is 0 Å². The van der Waals surface area contributed by atoms with Crippen LogP contribution in [0.25, 0.3) is 0 Å². The Morgan fingerprint density at radius 3 is 2.36 bits per heavy atom. The molecule has 1 saturated heterocycles. The lowest BCUT2D eigenvalue weighted by Gasteiger charge is -2.35. The third kappa shape index (κ3) is 3.27. The molecule has 0 aromatic carbocycles. The highest BCUT2D eigenvalue weighted by Gasteiger charge is 2.19. The van der Waals surface area contributed by atoms with Crippen LogP contribution >= 0.6 is 0 Å². The molecule has 0 radical (unpaired) electrons. The van der Waals surface area contributed by atoms with E-state index in [9.17, 15) is 4.79 Å².